The lowest BCUT2D eigenvalue weighted by molar-refractivity contribution is 0.0537. The van der Waals surface area contributed by atoms with Crippen LogP contribution in [0.15, 0.2) is 40.0 Å². The fraction of sp³-hybridized carbons (Fsp3) is 0.593. The van der Waals surface area contributed by atoms with E-state index in [-0.39, 0.29) is 11.8 Å². The fourth-order valence-corrected chi connectivity index (χ4v) is 5.12. The monoisotopic (exact) mass is 496 g/mol. The van der Waals surface area contributed by atoms with Crippen molar-refractivity contribution in [2.24, 2.45) is 15.9 Å². The number of likely N-dealkylation sites (N-methyl/N-ethyl adjacent to an activating group) is 1. The number of benzene rings is 1. The molecule has 0 radical (unpaired) electrons. The van der Waals surface area contributed by atoms with E-state index in [1.807, 2.05) is 18.3 Å². The molecule has 0 aromatic heterocycles. The molecule has 0 saturated carbocycles. The maximum atomic E-state index is 12.1. The van der Waals surface area contributed by atoms with Crippen molar-refractivity contribution < 1.29 is 14.4 Å². The average molecular weight is 497 g/mol. The molecule has 196 valence electrons. The highest BCUT2D eigenvalue weighted by Crippen LogP contribution is 2.23. The number of carbonyl (C=O) groups excluding carboxylic acids is 1. The van der Waals surface area contributed by atoms with E-state index in [2.05, 4.69) is 38.6 Å². The fourth-order valence-electron chi connectivity index (χ4n) is 5.12. The van der Waals surface area contributed by atoms with E-state index in [1.165, 1.54) is 45.4 Å². The summed E-state index contributed by atoms with van der Waals surface area (Å²) in [5.41, 5.74) is 5.15. The summed E-state index contributed by atoms with van der Waals surface area (Å²) in [6, 6.07) is 6.20. The van der Waals surface area contributed by atoms with Gasteiger partial charge >= 0.3 is 0 Å². The third-order valence-corrected chi connectivity index (χ3v) is 7.37. The van der Waals surface area contributed by atoms with Gasteiger partial charge in [0.1, 0.15) is 5.75 Å². The van der Waals surface area contributed by atoms with Crippen LogP contribution in [0.3, 0.4) is 0 Å². The van der Waals surface area contributed by atoms with Crippen molar-refractivity contribution in [3.8, 4) is 5.75 Å². The lowest BCUT2D eigenvalue weighted by Gasteiger charge is -2.40. The van der Waals surface area contributed by atoms with Crippen LogP contribution in [0.25, 0.3) is 0 Å². The van der Waals surface area contributed by atoms with Crippen LogP contribution in [0.1, 0.15) is 48.5 Å². The molecule has 0 bridgehead atoms. The molecule has 9 heteroatoms. The summed E-state index contributed by atoms with van der Waals surface area (Å²) < 4.78 is 5.36. The first-order chi connectivity index (χ1) is 17.6. The zero-order valence-corrected chi connectivity index (χ0v) is 21.8. The van der Waals surface area contributed by atoms with Crippen LogP contribution in [-0.2, 0) is 11.3 Å². The van der Waals surface area contributed by atoms with Gasteiger partial charge in [-0.15, -0.1) is 0 Å². The number of nitrogens with zero attached hydrogens (tertiary/aromatic N) is 4. The lowest BCUT2D eigenvalue weighted by atomic mass is 9.97. The summed E-state index contributed by atoms with van der Waals surface area (Å²) in [6.45, 7) is 8.87. The number of hydroxylamine groups is 1. The second-order valence-electron chi connectivity index (χ2n) is 9.70. The minimum Gasteiger partial charge on any atom is -0.497 e. The molecule has 2 heterocycles. The number of rotatable bonds is 9. The van der Waals surface area contributed by atoms with Crippen LogP contribution in [0.2, 0.25) is 0 Å². The summed E-state index contributed by atoms with van der Waals surface area (Å²) in [4.78, 5) is 31.4. The summed E-state index contributed by atoms with van der Waals surface area (Å²) in [7, 11) is 3.02. The molecular formula is C27H40N6O3. The van der Waals surface area contributed by atoms with E-state index >= 15 is 0 Å². The molecule has 1 saturated heterocycles. The summed E-state index contributed by atoms with van der Waals surface area (Å²) in [6.07, 6.45) is 9.38. The van der Waals surface area contributed by atoms with Gasteiger partial charge in [0.2, 0.25) is 5.96 Å². The van der Waals surface area contributed by atoms with Crippen LogP contribution < -0.4 is 15.5 Å². The van der Waals surface area contributed by atoms with Crippen molar-refractivity contribution in [1.82, 2.24) is 20.6 Å². The third kappa shape index (κ3) is 7.15. The summed E-state index contributed by atoms with van der Waals surface area (Å²) in [5.74, 6) is 1.35. The number of aryl methyl sites for hydroxylation is 1. The van der Waals surface area contributed by atoms with Crippen molar-refractivity contribution >= 4 is 18.1 Å². The van der Waals surface area contributed by atoms with Gasteiger partial charge in [-0.2, -0.15) is 0 Å². The molecule has 1 fully saturated rings. The molecule has 9 nitrogen and oxygen atoms in total. The maximum Gasteiger partial charge on any atom is 0.274 e. The molecule has 4 rings (SSSR count). The normalized spacial score (nSPS) is 23.1. The SMILES string of the molecule is CCN1CCN(C2CC=C(NC3=NCC(CCc4cc(OC)cc(C(=O)NOC)c4)C=N3)CC2)CC1. The molecular weight excluding hydrogens is 456 g/mol. The van der Waals surface area contributed by atoms with Gasteiger partial charge < -0.3 is 15.0 Å². The maximum absolute atomic E-state index is 12.1. The quantitative estimate of drug-likeness (QED) is 0.511. The molecule has 2 atom stereocenters. The Morgan fingerprint density at radius 1 is 1.17 bits per heavy atom. The zero-order chi connectivity index (χ0) is 25.3. The van der Waals surface area contributed by atoms with Gasteiger partial charge in [0.25, 0.3) is 5.91 Å². The number of hydrogen-bond donors (Lipinski definition) is 2. The number of piperazine rings is 1. The molecule has 1 aromatic carbocycles. The largest absolute Gasteiger partial charge is 0.497 e. The highest BCUT2D eigenvalue weighted by atomic mass is 16.6. The Labute approximate surface area is 214 Å². The van der Waals surface area contributed by atoms with Gasteiger partial charge in [-0.3, -0.25) is 19.5 Å². The van der Waals surface area contributed by atoms with E-state index in [0.717, 1.165) is 37.8 Å². The van der Waals surface area contributed by atoms with E-state index in [0.29, 0.717) is 29.9 Å². The Bertz CT molecular complexity index is 984. The Balaban J connectivity index is 1.23. The molecule has 2 aliphatic heterocycles. The number of carbonyl (C=O) groups is 1. The molecule has 36 heavy (non-hydrogen) atoms. The van der Waals surface area contributed by atoms with Gasteiger partial charge in [0.05, 0.1) is 20.8 Å². The highest BCUT2D eigenvalue weighted by molar-refractivity contribution is 5.94. The minimum atomic E-state index is -0.292. The molecule has 3 aliphatic rings. The van der Waals surface area contributed by atoms with Crippen LogP contribution in [0.4, 0.5) is 0 Å². The summed E-state index contributed by atoms with van der Waals surface area (Å²) >= 11 is 0. The predicted molar refractivity (Wildman–Crippen MR) is 143 cm³/mol. The molecule has 2 unspecified atom stereocenters. The second kappa shape index (κ2) is 13.0. The topological polar surface area (TPSA) is 90.8 Å². The molecule has 1 amide bonds. The molecule has 1 aromatic rings. The Morgan fingerprint density at radius 3 is 2.64 bits per heavy atom. The molecule has 0 spiro atoms. The van der Waals surface area contributed by atoms with Crippen LogP contribution >= 0.6 is 0 Å². The number of guanidine groups is 1. The van der Waals surface area contributed by atoms with Gasteiger partial charge in [-0.05, 0) is 62.4 Å². The van der Waals surface area contributed by atoms with Crippen LogP contribution in [-0.4, -0.2) is 87.4 Å². The van der Waals surface area contributed by atoms with Crippen molar-refractivity contribution in [2.45, 2.75) is 45.1 Å². The van der Waals surface area contributed by atoms with Gasteiger partial charge in [0.15, 0.2) is 0 Å². The second-order valence-corrected chi connectivity index (χ2v) is 9.70. The first-order valence-electron chi connectivity index (χ1n) is 13.1. The highest BCUT2D eigenvalue weighted by Gasteiger charge is 2.25. The van der Waals surface area contributed by atoms with Crippen LogP contribution in [0, 0.1) is 5.92 Å². The van der Waals surface area contributed by atoms with Crippen molar-refractivity contribution in [2.75, 3.05) is 53.5 Å². The molecule has 1 aliphatic carbocycles. The zero-order valence-electron chi connectivity index (χ0n) is 21.8. The lowest BCUT2D eigenvalue weighted by Crippen LogP contribution is -2.50. The minimum absolute atomic E-state index is 0.268. The van der Waals surface area contributed by atoms with Gasteiger partial charge in [-0.25, -0.2) is 10.5 Å². The van der Waals surface area contributed by atoms with Crippen molar-refractivity contribution in [3.05, 3.63) is 41.1 Å². The summed E-state index contributed by atoms with van der Waals surface area (Å²) in [5, 5.41) is 3.45. The Morgan fingerprint density at radius 2 is 2.00 bits per heavy atom. The van der Waals surface area contributed by atoms with Gasteiger partial charge in [0, 0.05) is 55.6 Å². The molecule has 2 N–H and O–H groups in total. The number of aliphatic imine (C=N–C) groups is 2. The number of nitrogens with one attached hydrogen (secondary N) is 2. The Hall–Kier alpha value is -2.75. The van der Waals surface area contributed by atoms with E-state index < -0.39 is 0 Å². The van der Waals surface area contributed by atoms with Crippen LogP contribution in [0.5, 0.6) is 5.75 Å². The Kier molecular flexibility index (Phi) is 9.49. The van der Waals surface area contributed by atoms with E-state index in [1.54, 1.807) is 13.2 Å². The van der Waals surface area contributed by atoms with Crippen molar-refractivity contribution in [3.63, 3.8) is 0 Å². The number of methoxy groups -OCH3 is 1. The van der Waals surface area contributed by atoms with Gasteiger partial charge in [-0.1, -0.05) is 13.0 Å². The first kappa shape index (κ1) is 26.3. The standard InChI is InChI=1S/C27H40N6O3/c1-4-32-11-13-33(14-12-32)24-9-7-23(8-10-24)30-27-28-18-21(19-29-27)6-5-20-15-22(26(34)31-36-3)17-25(16-20)35-2/h7,15-18,21,24H,4-6,8-14,19H2,1-3H3,(H,29,30)(H,31,34). The first-order valence-corrected chi connectivity index (χ1v) is 13.1. The average Bonchev–Trinajstić information content (AvgIpc) is 2.93. The van der Waals surface area contributed by atoms with E-state index in [4.69, 9.17) is 14.6 Å². The third-order valence-electron chi connectivity index (χ3n) is 7.37. The van der Waals surface area contributed by atoms with Crippen molar-refractivity contribution in [1.29, 1.82) is 0 Å². The number of allylic oxidation sites excluding steroid dienone is 1. The van der Waals surface area contributed by atoms with E-state index in [9.17, 15) is 4.79 Å². The number of amides is 1. The predicted octanol–water partition coefficient (Wildman–Crippen LogP) is 2.64. The smallest absolute Gasteiger partial charge is 0.274 e. The number of hydrogen-bond acceptors (Lipinski definition) is 8. The number of ether oxygens (including phenoxy) is 1.